The summed E-state index contributed by atoms with van der Waals surface area (Å²) in [7, 11) is 0. The molecule has 8 heteroatoms. The third-order valence-corrected chi connectivity index (χ3v) is 5.89. The molecule has 2 unspecified atom stereocenters. The van der Waals surface area contributed by atoms with Crippen molar-refractivity contribution in [3.63, 3.8) is 0 Å². The van der Waals surface area contributed by atoms with Gasteiger partial charge in [0.05, 0.1) is 6.04 Å². The number of nitrogens with zero attached hydrogens (tertiary/aromatic N) is 2. The molecular weight excluding hydrogens is 376 g/mol. The van der Waals surface area contributed by atoms with Crippen LogP contribution in [0.1, 0.15) is 64.2 Å². The lowest BCUT2D eigenvalue weighted by atomic mass is 9.85. The molecule has 1 aromatic heterocycles. The van der Waals surface area contributed by atoms with Gasteiger partial charge >= 0.3 is 6.03 Å². The number of aromatic nitrogens is 1. The zero-order valence-electron chi connectivity index (χ0n) is 17.6. The van der Waals surface area contributed by atoms with Crippen LogP contribution in [0.4, 0.5) is 4.79 Å². The molecule has 156 valence electrons. The van der Waals surface area contributed by atoms with Crippen LogP contribution in [0.2, 0.25) is 0 Å². The van der Waals surface area contributed by atoms with E-state index in [0.717, 1.165) is 12.8 Å². The molecular formula is C20H32N4O3S. The summed E-state index contributed by atoms with van der Waals surface area (Å²) >= 11 is 1.25. The predicted molar refractivity (Wildman–Crippen MR) is 110 cm³/mol. The number of carbonyl (C=O) groups is 3. The fourth-order valence-electron chi connectivity index (χ4n) is 3.40. The van der Waals surface area contributed by atoms with Crippen LogP contribution >= 0.6 is 11.3 Å². The van der Waals surface area contributed by atoms with E-state index in [2.05, 4.69) is 15.6 Å². The summed E-state index contributed by atoms with van der Waals surface area (Å²) in [5.74, 6) is -0.392. The number of urea groups is 1. The Morgan fingerprint density at radius 3 is 2.39 bits per heavy atom. The number of ketones is 1. The summed E-state index contributed by atoms with van der Waals surface area (Å²) in [6.07, 6.45) is 3.53. The highest BCUT2D eigenvalue weighted by Crippen LogP contribution is 2.25. The predicted octanol–water partition coefficient (Wildman–Crippen LogP) is 3.08. The van der Waals surface area contributed by atoms with Crippen LogP contribution in [-0.4, -0.2) is 52.3 Å². The summed E-state index contributed by atoms with van der Waals surface area (Å²) in [6, 6.07) is -1.70. The molecule has 0 spiro atoms. The average Bonchev–Trinajstić information content (AvgIpc) is 3.26. The van der Waals surface area contributed by atoms with E-state index >= 15 is 0 Å². The smallest absolute Gasteiger partial charge is 0.316 e. The van der Waals surface area contributed by atoms with Gasteiger partial charge in [0.2, 0.25) is 11.7 Å². The molecule has 2 rings (SSSR count). The number of Topliss-reactive ketones (excluding diaryl/α,β-unsaturated/α-hetero) is 1. The lowest BCUT2D eigenvalue weighted by molar-refractivity contribution is -0.136. The van der Waals surface area contributed by atoms with Gasteiger partial charge in [-0.15, -0.1) is 11.3 Å². The molecule has 3 amide bonds. The molecule has 0 aliphatic carbocycles. The second-order valence-corrected chi connectivity index (χ2v) is 9.76. The number of carbonyl (C=O) groups excluding carboxylic acids is 3. The highest BCUT2D eigenvalue weighted by molar-refractivity contribution is 7.11. The molecule has 1 fully saturated rings. The molecule has 1 saturated heterocycles. The van der Waals surface area contributed by atoms with E-state index in [0.29, 0.717) is 11.6 Å². The number of thiazole rings is 1. The van der Waals surface area contributed by atoms with E-state index in [1.165, 1.54) is 11.3 Å². The average molecular weight is 409 g/mol. The second kappa shape index (κ2) is 9.03. The lowest BCUT2D eigenvalue weighted by Crippen LogP contribution is -2.59. The third kappa shape index (κ3) is 5.31. The SMILES string of the molecule is CC(C)C(NC(=O)NC(C(=O)N1CCC[C@H]1C)C(C)(C)C)C(=O)c1nccs1. The first-order chi connectivity index (χ1) is 13.0. The number of hydrogen-bond acceptors (Lipinski definition) is 5. The van der Waals surface area contributed by atoms with Gasteiger partial charge in [0.1, 0.15) is 6.04 Å². The minimum absolute atomic E-state index is 0.0694. The fourth-order valence-corrected chi connectivity index (χ4v) is 4.02. The summed E-state index contributed by atoms with van der Waals surface area (Å²) in [4.78, 5) is 44.4. The summed E-state index contributed by atoms with van der Waals surface area (Å²) in [5, 5.41) is 7.69. The molecule has 1 aliphatic heterocycles. The first-order valence-electron chi connectivity index (χ1n) is 9.83. The van der Waals surface area contributed by atoms with Gasteiger partial charge in [-0.2, -0.15) is 0 Å². The minimum Gasteiger partial charge on any atom is -0.338 e. The van der Waals surface area contributed by atoms with Crippen LogP contribution in [-0.2, 0) is 4.79 Å². The molecule has 1 aromatic rings. The van der Waals surface area contributed by atoms with Crippen LogP contribution in [0.3, 0.4) is 0 Å². The molecule has 28 heavy (non-hydrogen) atoms. The van der Waals surface area contributed by atoms with Crippen molar-refractivity contribution in [2.45, 2.75) is 72.5 Å². The van der Waals surface area contributed by atoms with Gasteiger partial charge < -0.3 is 15.5 Å². The van der Waals surface area contributed by atoms with E-state index in [9.17, 15) is 14.4 Å². The van der Waals surface area contributed by atoms with Gasteiger partial charge in [-0.25, -0.2) is 9.78 Å². The Hall–Kier alpha value is -1.96. The van der Waals surface area contributed by atoms with Crippen molar-refractivity contribution in [2.24, 2.45) is 11.3 Å². The largest absolute Gasteiger partial charge is 0.338 e. The maximum absolute atomic E-state index is 13.1. The van der Waals surface area contributed by atoms with Crippen LogP contribution in [0.25, 0.3) is 0 Å². The van der Waals surface area contributed by atoms with Crippen molar-refractivity contribution in [2.75, 3.05) is 6.54 Å². The van der Waals surface area contributed by atoms with Gasteiger partial charge in [0.15, 0.2) is 5.01 Å². The molecule has 2 heterocycles. The minimum atomic E-state index is -0.701. The zero-order chi connectivity index (χ0) is 21.1. The molecule has 0 radical (unpaired) electrons. The van der Waals surface area contributed by atoms with Crippen LogP contribution < -0.4 is 10.6 Å². The van der Waals surface area contributed by atoms with Gasteiger partial charge in [0, 0.05) is 24.2 Å². The van der Waals surface area contributed by atoms with Crippen LogP contribution in [0, 0.1) is 11.3 Å². The standard InChI is InChI=1S/C20H32N4O3S/c1-12(2)14(15(25)17-21-9-11-28-17)22-19(27)23-16(20(4,5)6)18(26)24-10-7-8-13(24)3/h9,11-14,16H,7-8,10H2,1-6H3,(H2,22,23,27)/t13-,14?,16?/m1/s1. The number of nitrogens with one attached hydrogen (secondary N) is 2. The molecule has 3 atom stereocenters. The van der Waals surface area contributed by atoms with Crippen molar-refractivity contribution in [3.05, 3.63) is 16.6 Å². The van der Waals surface area contributed by atoms with E-state index in [1.54, 1.807) is 11.6 Å². The first-order valence-corrected chi connectivity index (χ1v) is 10.7. The molecule has 0 aromatic carbocycles. The van der Waals surface area contributed by atoms with Crippen molar-refractivity contribution >= 4 is 29.1 Å². The van der Waals surface area contributed by atoms with Gasteiger partial charge in [0.25, 0.3) is 0 Å². The van der Waals surface area contributed by atoms with Gasteiger partial charge in [-0.3, -0.25) is 9.59 Å². The maximum Gasteiger partial charge on any atom is 0.316 e. The van der Waals surface area contributed by atoms with E-state index < -0.39 is 23.5 Å². The number of amides is 3. The quantitative estimate of drug-likeness (QED) is 0.708. The summed E-state index contributed by atoms with van der Waals surface area (Å²) in [6.45, 7) is 12.3. The van der Waals surface area contributed by atoms with Crippen molar-refractivity contribution < 1.29 is 14.4 Å². The first kappa shape index (κ1) is 22.3. The third-order valence-electron chi connectivity index (χ3n) is 5.10. The van der Waals surface area contributed by atoms with Crippen molar-refractivity contribution in [3.8, 4) is 0 Å². The van der Waals surface area contributed by atoms with Gasteiger partial charge in [-0.05, 0) is 31.1 Å². The van der Waals surface area contributed by atoms with E-state index in [4.69, 9.17) is 0 Å². The highest BCUT2D eigenvalue weighted by atomic mass is 32.1. The Balaban J connectivity index is 2.11. The zero-order valence-corrected chi connectivity index (χ0v) is 18.4. The van der Waals surface area contributed by atoms with Crippen LogP contribution in [0.15, 0.2) is 11.6 Å². The Morgan fingerprint density at radius 2 is 1.93 bits per heavy atom. The highest BCUT2D eigenvalue weighted by Gasteiger charge is 2.39. The molecule has 0 saturated carbocycles. The molecule has 7 nitrogen and oxygen atoms in total. The number of likely N-dealkylation sites (tertiary alicyclic amines) is 1. The van der Waals surface area contributed by atoms with E-state index in [1.807, 2.05) is 46.4 Å². The number of hydrogen-bond donors (Lipinski definition) is 2. The second-order valence-electron chi connectivity index (χ2n) is 8.86. The molecule has 2 N–H and O–H groups in total. The van der Waals surface area contributed by atoms with Crippen LogP contribution in [0.5, 0.6) is 0 Å². The Labute approximate surface area is 171 Å². The Kier molecular flexibility index (Phi) is 7.20. The monoisotopic (exact) mass is 408 g/mol. The van der Waals surface area contributed by atoms with E-state index in [-0.39, 0.29) is 23.7 Å². The Bertz CT molecular complexity index is 697. The normalized spacial score (nSPS) is 19.4. The fraction of sp³-hybridized carbons (Fsp3) is 0.700. The topological polar surface area (TPSA) is 91.4 Å². The maximum atomic E-state index is 13.1. The molecule has 0 bridgehead atoms. The number of rotatable bonds is 6. The van der Waals surface area contributed by atoms with Gasteiger partial charge in [-0.1, -0.05) is 34.6 Å². The summed E-state index contributed by atoms with van der Waals surface area (Å²) < 4.78 is 0. The van der Waals surface area contributed by atoms with Crippen molar-refractivity contribution in [1.82, 2.24) is 20.5 Å². The van der Waals surface area contributed by atoms with Crippen molar-refractivity contribution in [1.29, 1.82) is 0 Å². The molecule has 1 aliphatic rings. The Morgan fingerprint density at radius 1 is 1.25 bits per heavy atom. The summed E-state index contributed by atoms with van der Waals surface area (Å²) in [5.41, 5.74) is -0.455. The lowest BCUT2D eigenvalue weighted by Gasteiger charge is -2.35.